The lowest BCUT2D eigenvalue weighted by atomic mass is 9.95. The normalized spacial score (nSPS) is 12.9. The number of amides is 3. The maximum absolute atomic E-state index is 14.1. The van der Waals surface area contributed by atoms with Gasteiger partial charge in [-0.25, -0.2) is 4.79 Å². The monoisotopic (exact) mass is 521 g/mol. The Morgan fingerprint density at radius 3 is 2.24 bits per heavy atom. The van der Waals surface area contributed by atoms with Crippen LogP contribution in [0, 0.1) is 26.7 Å². The molecule has 38 heavy (non-hydrogen) atoms. The first-order chi connectivity index (χ1) is 17.7. The highest BCUT2D eigenvalue weighted by Crippen LogP contribution is 2.29. The minimum Gasteiger partial charge on any atom is -0.444 e. The second-order valence-corrected chi connectivity index (χ2v) is 11.2. The molecular formula is C31H43N3O4. The summed E-state index contributed by atoms with van der Waals surface area (Å²) in [4.78, 5) is 42.2. The van der Waals surface area contributed by atoms with E-state index in [0.717, 1.165) is 16.7 Å². The molecule has 2 unspecified atom stereocenters. The van der Waals surface area contributed by atoms with E-state index in [1.807, 2.05) is 77.1 Å². The van der Waals surface area contributed by atoms with E-state index in [2.05, 4.69) is 17.2 Å². The van der Waals surface area contributed by atoms with Gasteiger partial charge in [0.2, 0.25) is 5.91 Å². The molecule has 0 aromatic heterocycles. The third-order valence-corrected chi connectivity index (χ3v) is 5.99. The summed E-state index contributed by atoms with van der Waals surface area (Å²) in [6.45, 7) is 19.0. The van der Waals surface area contributed by atoms with Crippen LogP contribution in [0.3, 0.4) is 0 Å². The van der Waals surface area contributed by atoms with Crippen LogP contribution < -0.4 is 10.6 Å². The Morgan fingerprint density at radius 2 is 1.68 bits per heavy atom. The van der Waals surface area contributed by atoms with Crippen molar-refractivity contribution in [3.63, 3.8) is 0 Å². The van der Waals surface area contributed by atoms with Crippen LogP contribution in [0.1, 0.15) is 69.3 Å². The minimum atomic E-state index is -0.948. The highest BCUT2D eigenvalue weighted by molar-refractivity contribution is 5.99. The fourth-order valence-corrected chi connectivity index (χ4v) is 4.30. The SMILES string of the molecule is C=CCN(C(=O)C(CC(C)C)NC(=O)OC(C)(C)C)C(C(=O)Nc1ccccc1C)c1ccc(C)cc1C. The fraction of sp³-hybridized carbons (Fsp3) is 0.452. The van der Waals surface area contributed by atoms with Gasteiger partial charge in [0.05, 0.1) is 0 Å². The number of anilines is 1. The maximum atomic E-state index is 14.1. The number of nitrogens with zero attached hydrogens (tertiary/aromatic N) is 1. The zero-order valence-electron chi connectivity index (χ0n) is 24.1. The van der Waals surface area contributed by atoms with E-state index in [-0.39, 0.29) is 24.3 Å². The zero-order valence-corrected chi connectivity index (χ0v) is 24.1. The Labute approximate surface area is 227 Å². The molecule has 3 amide bonds. The number of para-hydroxylation sites is 1. The van der Waals surface area contributed by atoms with Crippen molar-refractivity contribution in [1.29, 1.82) is 0 Å². The van der Waals surface area contributed by atoms with Crippen LogP contribution in [0.15, 0.2) is 55.1 Å². The molecule has 206 valence electrons. The Balaban J connectivity index is 2.56. The molecule has 7 nitrogen and oxygen atoms in total. The number of rotatable bonds is 10. The molecule has 2 atom stereocenters. The van der Waals surface area contributed by atoms with Crippen LogP contribution in [0.2, 0.25) is 0 Å². The van der Waals surface area contributed by atoms with Crippen LogP contribution in [0.5, 0.6) is 0 Å². The predicted molar refractivity (Wildman–Crippen MR) is 153 cm³/mol. The molecule has 2 rings (SSSR count). The molecule has 0 aliphatic carbocycles. The molecule has 2 aromatic rings. The van der Waals surface area contributed by atoms with E-state index in [9.17, 15) is 14.4 Å². The first-order valence-corrected chi connectivity index (χ1v) is 13.1. The quantitative estimate of drug-likeness (QED) is 0.362. The van der Waals surface area contributed by atoms with E-state index in [0.29, 0.717) is 17.7 Å². The van der Waals surface area contributed by atoms with Crippen LogP contribution in [-0.4, -0.2) is 41.0 Å². The molecule has 0 bridgehead atoms. The van der Waals surface area contributed by atoms with Gasteiger partial charge in [-0.05, 0) is 76.6 Å². The first kappa shape index (κ1) is 30.6. The lowest BCUT2D eigenvalue weighted by Crippen LogP contribution is -2.53. The first-order valence-electron chi connectivity index (χ1n) is 13.1. The Morgan fingerprint density at radius 1 is 1.03 bits per heavy atom. The van der Waals surface area contributed by atoms with E-state index < -0.39 is 23.8 Å². The Hall–Kier alpha value is -3.61. The molecule has 0 saturated carbocycles. The standard InChI is InChI=1S/C31H43N3O4/c1-10-17-34(29(36)26(18-20(2)3)33-30(37)38-31(7,8)9)27(24-16-15-21(4)19-23(24)6)28(35)32-25-14-12-11-13-22(25)5/h10-16,19-20,26-27H,1,17-18H2,2-9H3,(H,32,35)(H,33,37). The Kier molecular flexibility index (Phi) is 10.7. The van der Waals surface area contributed by atoms with Gasteiger partial charge in [0, 0.05) is 12.2 Å². The maximum Gasteiger partial charge on any atom is 0.408 e. The van der Waals surface area contributed by atoms with Gasteiger partial charge >= 0.3 is 6.09 Å². The van der Waals surface area contributed by atoms with Crippen molar-refractivity contribution in [3.8, 4) is 0 Å². The van der Waals surface area contributed by atoms with Crippen molar-refractivity contribution in [2.24, 2.45) is 5.92 Å². The van der Waals surface area contributed by atoms with Crippen molar-refractivity contribution in [2.45, 2.75) is 79.5 Å². The summed E-state index contributed by atoms with van der Waals surface area (Å²) in [5, 5.41) is 5.77. The Bertz CT molecular complexity index is 1150. The average molecular weight is 522 g/mol. The summed E-state index contributed by atoms with van der Waals surface area (Å²) in [6, 6.07) is 11.5. The average Bonchev–Trinajstić information content (AvgIpc) is 2.79. The largest absolute Gasteiger partial charge is 0.444 e. The summed E-state index contributed by atoms with van der Waals surface area (Å²) in [5.74, 6) is -0.624. The lowest BCUT2D eigenvalue weighted by Gasteiger charge is -2.35. The molecule has 0 aliphatic rings. The molecule has 2 aromatic carbocycles. The number of aryl methyl sites for hydroxylation is 3. The summed E-state index contributed by atoms with van der Waals surface area (Å²) < 4.78 is 5.44. The molecule has 0 fully saturated rings. The molecule has 0 heterocycles. The number of ether oxygens (including phenoxy) is 1. The topological polar surface area (TPSA) is 87.7 Å². The number of hydrogen-bond donors (Lipinski definition) is 2. The number of benzene rings is 2. The van der Waals surface area contributed by atoms with Gasteiger partial charge in [-0.15, -0.1) is 6.58 Å². The lowest BCUT2D eigenvalue weighted by molar-refractivity contribution is -0.140. The van der Waals surface area contributed by atoms with Crippen LogP contribution in [0.4, 0.5) is 10.5 Å². The second kappa shape index (κ2) is 13.3. The molecule has 0 saturated heterocycles. The van der Waals surface area contributed by atoms with Crippen molar-refractivity contribution in [2.75, 3.05) is 11.9 Å². The van der Waals surface area contributed by atoms with Crippen molar-refractivity contribution in [1.82, 2.24) is 10.2 Å². The van der Waals surface area contributed by atoms with Crippen molar-refractivity contribution >= 4 is 23.6 Å². The van der Waals surface area contributed by atoms with E-state index in [1.165, 1.54) is 4.90 Å². The van der Waals surface area contributed by atoms with E-state index >= 15 is 0 Å². The smallest absolute Gasteiger partial charge is 0.408 e. The molecule has 2 N–H and O–H groups in total. The summed E-state index contributed by atoms with van der Waals surface area (Å²) >= 11 is 0. The van der Waals surface area contributed by atoms with Gasteiger partial charge < -0.3 is 20.3 Å². The van der Waals surface area contributed by atoms with Gasteiger partial charge in [-0.1, -0.05) is 61.9 Å². The van der Waals surface area contributed by atoms with E-state index in [1.54, 1.807) is 26.8 Å². The summed E-state index contributed by atoms with van der Waals surface area (Å²) in [5.41, 5.74) is 3.51. The zero-order chi connectivity index (χ0) is 28.6. The molecule has 7 heteroatoms. The van der Waals surface area contributed by atoms with Gasteiger partial charge in [0.1, 0.15) is 17.7 Å². The molecular weight excluding hydrogens is 478 g/mol. The highest BCUT2D eigenvalue weighted by atomic mass is 16.6. The second-order valence-electron chi connectivity index (χ2n) is 11.2. The molecule has 0 radical (unpaired) electrons. The number of carbonyl (C=O) groups excluding carboxylic acids is 3. The minimum absolute atomic E-state index is 0.102. The third kappa shape index (κ3) is 8.75. The van der Waals surface area contributed by atoms with Crippen LogP contribution in [-0.2, 0) is 14.3 Å². The number of nitrogens with one attached hydrogen (secondary N) is 2. The predicted octanol–water partition coefficient (Wildman–Crippen LogP) is 6.25. The van der Waals surface area contributed by atoms with Gasteiger partial charge in [-0.2, -0.15) is 0 Å². The van der Waals surface area contributed by atoms with Crippen molar-refractivity contribution < 1.29 is 19.1 Å². The van der Waals surface area contributed by atoms with Crippen LogP contribution >= 0.6 is 0 Å². The number of hydrogen-bond acceptors (Lipinski definition) is 4. The van der Waals surface area contributed by atoms with E-state index in [4.69, 9.17) is 4.74 Å². The third-order valence-electron chi connectivity index (χ3n) is 5.99. The summed E-state index contributed by atoms with van der Waals surface area (Å²) in [7, 11) is 0. The number of alkyl carbamates (subject to hydrolysis) is 1. The number of carbonyl (C=O) groups is 3. The molecule has 0 aliphatic heterocycles. The highest BCUT2D eigenvalue weighted by Gasteiger charge is 2.36. The van der Waals surface area contributed by atoms with Gasteiger partial charge in [0.25, 0.3) is 5.91 Å². The van der Waals surface area contributed by atoms with Gasteiger partial charge in [0.15, 0.2) is 0 Å². The fourth-order valence-electron chi connectivity index (χ4n) is 4.30. The van der Waals surface area contributed by atoms with Crippen molar-refractivity contribution in [3.05, 3.63) is 77.4 Å². The summed E-state index contributed by atoms with van der Waals surface area (Å²) in [6.07, 6.45) is 1.29. The van der Waals surface area contributed by atoms with Crippen LogP contribution in [0.25, 0.3) is 0 Å². The van der Waals surface area contributed by atoms with Gasteiger partial charge in [-0.3, -0.25) is 9.59 Å². The molecule has 0 spiro atoms.